The number of hydrogen-bond donors (Lipinski definition) is 3. The minimum absolute atomic E-state index is 0.317. The van der Waals surface area contributed by atoms with Crippen LogP contribution < -0.4 is 5.32 Å². The summed E-state index contributed by atoms with van der Waals surface area (Å²) in [4.78, 5) is 25.9. The zero-order valence-corrected chi connectivity index (χ0v) is 18.6. The van der Waals surface area contributed by atoms with E-state index in [1.807, 2.05) is 36.8 Å². The average Bonchev–Trinajstić information content (AvgIpc) is 3.48. The maximum Gasteiger partial charge on any atom is 0.159 e. The number of rotatable bonds is 5. The molecule has 0 unspecified atom stereocenters. The van der Waals surface area contributed by atoms with Crippen LogP contribution in [0.25, 0.3) is 56.0 Å². The summed E-state index contributed by atoms with van der Waals surface area (Å²) < 4.78 is 0. The van der Waals surface area contributed by atoms with Gasteiger partial charge >= 0.3 is 0 Å². The van der Waals surface area contributed by atoms with E-state index in [0.29, 0.717) is 23.2 Å². The lowest BCUT2D eigenvalue weighted by Crippen LogP contribution is -2.09. The first kappa shape index (κ1) is 20.0. The van der Waals surface area contributed by atoms with Gasteiger partial charge in [0.15, 0.2) is 11.5 Å². The fraction of sp³-hybridized carbons (Fsp3) is 0.120. The van der Waals surface area contributed by atoms with Gasteiger partial charge < -0.3 is 10.3 Å². The highest BCUT2D eigenvalue weighted by atomic mass is 15.2. The number of aromatic nitrogens is 8. The molecule has 0 fully saturated rings. The van der Waals surface area contributed by atoms with Gasteiger partial charge in [-0.1, -0.05) is 0 Å². The standard InChI is InChI=1S/C25H21N9/c1-14(2)30-18-9-16(11-27-13-18)17-10-19-22(33-34-24(19)29-12-17)25-31-20-5-8-28-21(23(20)32-25)15-3-6-26-7-4-15/h3-14,30H,1-2H3,(H,31,32)(H,29,33,34). The molecule has 6 aromatic heterocycles. The summed E-state index contributed by atoms with van der Waals surface area (Å²) in [6.07, 6.45) is 10.7. The Morgan fingerprint density at radius 2 is 1.68 bits per heavy atom. The topological polar surface area (TPSA) is 121 Å². The van der Waals surface area contributed by atoms with Gasteiger partial charge in [-0.05, 0) is 44.2 Å². The molecule has 6 rings (SSSR count). The lowest BCUT2D eigenvalue weighted by molar-refractivity contribution is 0.898. The van der Waals surface area contributed by atoms with E-state index in [2.05, 4.69) is 66.4 Å². The van der Waals surface area contributed by atoms with Crippen LogP contribution in [0.15, 0.2) is 67.5 Å². The molecule has 9 nitrogen and oxygen atoms in total. The number of fused-ring (bicyclic) bond motifs is 2. The first-order chi connectivity index (χ1) is 16.7. The number of nitrogens with zero attached hydrogens (tertiary/aromatic N) is 6. The Hall–Kier alpha value is -4.66. The van der Waals surface area contributed by atoms with Crippen molar-refractivity contribution < 1.29 is 0 Å². The number of H-pyrrole nitrogens is 2. The number of anilines is 1. The van der Waals surface area contributed by atoms with Gasteiger partial charge in [0.1, 0.15) is 11.2 Å². The first-order valence-corrected chi connectivity index (χ1v) is 11.0. The third kappa shape index (κ3) is 3.53. The smallest absolute Gasteiger partial charge is 0.159 e. The average molecular weight is 448 g/mol. The van der Waals surface area contributed by atoms with Crippen molar-refractivity contribution in [3.05, 3.63) is 67.5 Å². The molecule has 0 amide bonds. The monoisotopic (exact) mass is 447 g/mol. The molecule has 6 aromatic rings. The predicted molar refractivity (Wildman–Crippen MR) is 132 cm³/mol. The van der Waals surface area contributed by atoms with Gasteiger partial charge in [0, 0.05) is 59.9 Å². The second-order valence-corrected chi connectivity index (χ2v) is 8.33. The molecule has 6 heterocycles. The van der Waals surface area contributed by atoms with Crippen molar-refractivity contribution in [2.24, 2.45) is 0 Å². The Morgan fingerprint density at radius 3 is 2.53 bits per heavy atom. The van der Waals surface area contributed by atoms with Crippen molar-refractivity contribution in [2.75, 3.05) is 5.32 Å². The van der Waals surface area contributed by atoms with Crippen LogP contribution in [0, 0.1) is 0 Å². The van der Waals surface area contributed by atoms with Crippen LogP contribution >= 0.6 is 0 Å². The van der Waals surface area contributed by atoms with E-state index in [1.165, 1.54) is 0 Å². The van der Waals surface area contributed by atoms with Gasteiger partial charge in [0.2, 0.25) is 0 Å². The Kier molecular flexibility index (Phi) is 4.72. The molecular weight excluding hydrogens is 426 g/mol. The number of hydrogen-bond acceptors (Lipinski definition) is 7. The number of pyridine rings is 4. The summed E-state index contributed by atoms with van der Waals surface area (Å²) in [5.74, 6) is 0.650. The van der Waals surface area contributed by atoms with Crippen LogP contribution in [0.2, 0.25) is 0 Å². The van der Waals surface area contributed by atoms with Crippen molar-refractivity contribution in [3.8, 4) is 33.9 Å². The van der Waals surface area contributed by atoms with E-state index >= 15 is 0 Å². The van der Waals surface area contributed by atoms with E-state index in [9.17, 15) is 0 Å². The van der Waals surface area contributed by atoms with Gasteiger partial charge in [-0.25, -0.2) is 9.97 Å². The summed E-state index contributed by atoms with van der Waals surface area (Å²) in [6.45, 7) is 4.20. The Labute approximate surface area is 194 Å². The minimum atomic E-state index is 0.317. The largest absolute Gasteiger partial charge is 0.382 e. The SMILES string of the molecule is CC(C)Nc1cncc(-c2cnc3[nH]nc(-c4nc5c(-c6ccncc6)nccc5[nH]4)c3c2)c1. The Morgan fingerprint density at radius 1 is 0.824 bits per heavy atom. The molecule has 0 aliphatic rings. The highest BCUT2D eigenvalue weighted by Crippen LogP contribution is 2.31. The molecule has 0 aromatic carbocycles. The maximum absolute atomic E-state index is 4.86. The molecule has 166 valence electrons. The first-order valence-electron chi connectivity index (χ1n) is 11.0. The number of imidazole rings is 1. The molecule has 9 heteroatoms. The van der Waals surface area contributed by atoms with Gasteiger partial charge in [-0.2, -0.15) is 5.10 Å². The summed E-state index contributed by atoms with van der Waals surface area (Å²) in [5, 5.41) is 11.8. The molecule has 0 aliphatic heterocycles. The molecule has 0 atom stereocenters. The summed E-state index contributed by atoms with van der Waals surface area (Å²) >= 11 is 0. The maximum atomic E-state index is 4.86. The van der Waals surface area contributed by atoms with Gasteiger partial charge in [-0.15, -0.1) is 0 Å². The van der Waals surface area contributed by atoms with Crippen molar-refractivity contribution in [3.63, 3.8) is 0 Å². The van der Waals surface area contributed by atoms with Crippen molar-refractivity contribution in [1.29, 1.82) is 0 Å². The fourth-order valence-electron chi connectivity index (χ4n) is 4.02. The molecule has 0 saturated carbocycles. The zero-order chi connectivity index (χ0) is 23.1. The summed E-state index contributed by atoms with van der Waals surface area (Å²) in [5.41, 5.74) is 7.69. The normalized spacial score (nSPS) is 11.5. The quantitative estimate of drug-likeness (QED) is 0.346. The van der Waals surface area contributed by atoms with E-state index < -0.39 is 0 Å². The Balaban J connectivity index is 1.45. The molecular formula is C25H21N9. The second kappa shape index (κ2) is 8.04. The molecule has 0 radical (unpaired) electrons. The predicted octanol–water partition coefficient (Wildman–Crippen LogP) is 4.84. The fourth-order valence-corrected chi connectivity index (χ4v) is 4.02. The van der Waals surface area contributed by atoms with Gasteiger partial charge in [0.05, 0.1) is 22.3 Å². The Bertz CT molecular complexity index is 1620. The third-order valence-electron chi connectivity index (χ3n) is 5.52. The lowest BCUT2D eigenvalue weighted by atomic mass is 10.1. The minimum Gasteiger partial charge on any atom is -0.382 e. The molecule has 0 saturated heterocycles. The van der Waals surface area contributed by atoms with Crippen LogP contribution in [-0.2, 0) is 0 Å². The molecule has 0 bridgehead atoms. The van der Waals surface area contributed by atoms with E-state index in [1.54, 1.807) is 18.6 Å². The second-order valence-electron chi connectivity index (χ2n) is 8.33. The zero-order valence-electron chi connectivity index (χ0n) is 18.6. The van der Waals surface area contributed by atoms with Crippen molar-refractivity contribution in [2.45, 2.75) is 19.9 Å². The van der Waals surface area contributed by atoms with Crippen LogP contribution in [-0.4, -0.2) is 46.1 Å². The highest BCUT2D eigenvalue weighted by Gasteiger charge is 2.17. The summed E-state index contributed by atoms with van der Waals surface area (Å²) in [6, 6.07) is 10.2. The molecule has 3 N–H and O–H groups in total. The van der Waals surface area contributed by atoms with Gasteiger partial charge in [-0.3, -0.25) is 20.1 Å². The van der Waals surface area contributed by atoms with Crippen LogP contribution in [0.5, 0.6) is 0 Å². The van der Waals surface area contributed by atoms with Crippen LogP contribution in [0.1, 0.15) is 13.8 Å². The van der Waals surface area contributed by atoms with Crippen LogP contribution in [0.3, 0.4) is 0 Å². The highest BCUT2D eigenvalue weighted by molar-refractivity contribution is 5.96. The van der Waals surface area contributed by atoms with E-state index in [0.717, 1.165) is 44.5 Å². The molecule has 34 heavy (non-hydrogen) atoms. The van der Waals surface area contributed by atoms with Crippen molar-refractivity contribution >= 4 is 27.8 Å². The molecule has 0 aliphatic carbocycles. The number of aromatic amines is 2. The third-order valence-corrected chi connectivity index (χ3v) is 5.52. The van der Waals surface area contributed by atoms with Gasteiger partial charge in [0.25, 0.3) is 0 Å². The van der Waals surface area contributed by atoms with Crippen molar-refractivity contribution in [1.82, 2.24) is 40.1 Å². The lowest BCUT2D eigenvalue weighted by Gasteiger charge is -2.10. The molecule has 0 spiro atoms. The number of nitrogens with one attached hydrogen (secondary N) is 3. The van der Waals surface area contributed by atoms with E-state index in [4.69, 9.17) is 4.98 Å². The van der Waals surface area contributed by atoms with Crippen LogP contribution in [0.4, 0.5) is 5.69 Å². The summed E-state index contributed by atoms with van der Waals surface area (Å²) in [7, 11) is 0. The van der Waals surface area contributed by atoms with E-state index in [-0.39, 0.29) is 0 Å².